The van der Waals surface area contributed by atoms with Crippen LogP contribution >= 0.6 is 0 Å². The molecular weight excluding hydrogens is 391 g/mol. The molecule has 0 saturated heterocycles. The van der Waals surface area contributed by atoms with Crippen molar-refractivity contribution in [2.45, 2.75) is 37.8 Å². The lowest BCUT2D eigenvalue weighted by Crippen LogP contribution is -2.29. The average molecular weight is 409 g/mol. The van der Waals surface area contributed by atoms with E-state index in [0.717, 1.165) is 12.1 Å². The number of aromatic nitrogens is 2. The van der Waals surface area contributed by atoms with E-state index in [-0.39, 0.29) is 23.2 Å². The van der Waals surface area contributed by atoms with Gasteiger partial charge >= 0.3 is 6.36 Å². The van der Waals surface area contributed by atoms with E-state index in [0.29, 0.717) is 24.9 Å². The largest absolute Gasteiger partial charge is 0.573 e. The van der Waals surface area contributed by atoms with Crippen molar-refractivity contribution >= 4 is 17.4 Å². The van der Waals surface area contributed by atoms with Gasteiger partial charge in [-0.1, -0.05) is 0 Å². The lowest BCUT2D eigenvalue weighted by atomic mass is 9.84. The average Bonchev–Trinajstić information content (AvgIpc) is 3.06. The first-order valence-electron chi connectivity index (χ1n) is 8.75. The Labute approximate surface area is 163 Å². The number of alkyl halides is 3. The summed E-state index contributed by atoms with van der Waals surface area (Å²) in [6.07, 6.45) is -2.62. The van der Waals surface area contributed by atoms with E-state index in [1.807, 2.05) is 0 Å². The predicted molar refractivity (Wildman–Crippen MR) is 95.2 cm³/mol. The monoisotopic (exact) mass is 409 g/mol. The zero-order chi connectivity index (χ0) is 21.2. The summed E-state index contributed by atoms with van der Waals surface area (Å²) < 4.78 is 42.1. The number of anilines is 2. The minimum absolute atomic E-state index is 0.0726. The van der Waals surface area contributed by atoms with Gasteiger partial charge in [0.2, 0.25) is 0 Å². The van der Waals surface area contributed by atoms with Crippen molar-refractivity contribution in [1.29, 1.82) is 5.26 Å². The van der Waals surface area contributed by atoms with Crippen LogP contribution in [0.4, 0.5) is 24.7 Å². The van der Waals surface area contributed by atoms with Gasteiger partial charge in [-0.15, -0.1) is 13.2 Å². The van der Waals surface area contributed by atoms with E-state index in [1.165, 1.54) is 23.0 Å². The number of nitrogens with two attached hydrogens (primary N) is 1. The SMILES string of the molecule is N#CC1C[C@H](O)CCC1n1cc(C(N)=O)c(Nc2ccc(OC(F)(F)F)cc2)n1. The summed E-state index contributed by atoms with van der Waals surface area (Å²) in [7, 11) is 0. The normalized spacial score (nSPS) is 22.0. The number of carbonyl (C=O) groups is 1. The Morgan fingerprint density at radius 3 is 2.62 bits per heavy atom. The van der Waals surface area contributed by atoms with Crippen LogP contribution in [0.1, 0.15) is 35.7 Å². The second-order valence-corrected chi connectivity index (χ2v) is 6.70. The molecule has 1 amide bonds. The van der Waals surface area contributed by atoms with Crippen molar-refractivity contribution < 1.29 is 27.8 Å². The molecule has 0 spiro atoms. The lowest BCUT2D eigenvalue weighted by Gasteiger charge is -2.30. The predicted octanol–water partition coefficient (Wildman–Crippen LogP) is 2.85. The molecule has 1 heterocycles. The van der Waals surface area contributed by atoms with Crippen LogP contribution in [0.5, 0.6) is 5.75 Å². The van der Waals surface area contributed by atoms with Gasteiger partial charge in [0, 0.05) is 11.9 Å². The third-order valence-corrected chi connectivity index (χ3v) is 4.64. The van der Waals surface area contributed by atoms with Crippen molar-refractivity contribution in [3.8, 4) is 11.8 Å². The van der Waals surface area contributed by atoms with E-state index in [4.69, 9.17) is 5.73 Å². The van der Waals surface area contributed by atoms with E-state index in [1.54, 1.807) is 0 Å². The highest BCUT2D eigenvalue weighted by atomic mass is 19.4. The molecule has 154 valence electrons. The summed E-state index contributed by atoms with van der Waals surface area (Å²) in [6, 6.07) is 6.72. The highest BCUT2D eigenvalue weighted by Crippen LogP contribution is 2.35. The Bertz CT molecular complexity index is 920. The van der Waals surface area contributed by atoms with Gasteiger partial charge in [0.15, 0.2) is 5.82 Å². The van der Waals surface area contributed by atoms with Crippen LogP contribution < -0.4 is 15.8 Å². The Hall–Kier alpha value is -3.26. The van der Waals surface area contributed by atoms with Crippen molar-refractivity contribution in [1.82, 2.24) is 9.78 Å². The molecule has 2 aromatic rings. The molecule has 1 aliphatic carbocycles. The quantitative estimate of drug-likeness (QED) is 0.697. The molecule has 1 fully saturated rings. The number of hydrogen-bond donors (Lipinski definition) is 3. The van der Waals surface area contributed by atoms with Crippen molar-refractivity contribution in [3.05, 3.63) is 36.0 Å². The van der Waals surface area contributed by atoms with Gasteiger partial charge in [-0.2, -0.15) is 10.4 Å². The fraction of sp³-hybridized carbons (Fsp3) is 0.389. The van der Waals surface area contributed by atoms with Crippen LogP contribution in [0, 0.1) is 17.2 Å². The zero-order valence-electron chi connectivity index (χ0n) is 15.1. The van der Waals surface area contributed by atoms with Crippen LogP contribution in [0.15, 0.2) is 30.5 Å². The number of benzene rings is 1. The summed E-state index contributed by atoms with van der Waals surface area (Å²) in [5, 5.41) is 26.3. The molecule has 11 heteroatoms. The standard InChI is InChI=1S/C18H18F3N5O3/c19-18(20,21)29-13-4-1-11(2-5-13)24-17-14(16(23)28)9-26(25-17)15-6-3-12(27)7-10(15)8-22/h1-2,4-5,9-10,12,15,27H,3,6-7H2,(H2,23,28)(H,24,25)/t10?,12-,15?/m1/s1. The number of aliphatic hydroxyl groups is 1. The number of nitrogens with zero attached hydrogens (tertiary/aromatic N) is 3. The molecule has 1 aromatic heterocycles. The maximum Gasteiger partial charge on any atom is 0.573 e. The van der Waals surface area contributed by atoms with Gasteiger partial charge in [-0.25, -0.2) is 0 Å². The third kappa shape index (κ3) is 4.97. The number of primary amides is 1. The van der Waals surface area contributed by atoms with E-state index < -0.39 is 24.3 Å². The fourth-order valence-electron chi connectivity index (χ4n) is 3.30. The van der Waals surface area contributed by atoms with Crippen molar-refractivity contribution in [2.75, 3.05) is 5.32 Å². The number of amides is 1. The minimum atomic E-state index is -4.79. The molecule has 2 unspecified atom stereocenters. The third-order valence-electron chi connectivity index (χ3n) is 4.64. The van der Waals surface area contributed by atoms with Crippen LogP contribution in [-0.2, 0) is 0 Å². The first kappa shape index (κ1) is 20.5. The number of nitriles is 1. The molecule has 29 heavy (non-hydrogen) atoms. The Balaban J connectivity index is 1.82. The molecule has 0 radical (unpaired) electrons. The smallest absolute Gasteiger partial charge is 0.406 e. The second-order valence-electron chi connectivity index (χ2n) is 6.70. The van der Waals surface area contributed by atoms with Gasteiger partial charge in [-0.05, 0) is 43.5 Å². The Kier molecular flexibility index (Phi) is 5.65. The molecule has 3 atom stereocenters. The summed E-state index contributed by atoms with van der Waals surface area (Å²) in [5.41, 5.74) is 5.85. The first-order chi connectivity index (χ1) is 13.7. The minimum Gasteiger partial charge on any atom is -0.406 e. The fourth-order valence-corrected chi connectivity index (χ4v) is 3.30. The van der Waals surface area contributed by atoms with Gasteiger partial charge in [0.05, 0.1) is 24.1 Å². The van der Waals surface area contributed by atoms with Crippen LogP contribution in [0.25, 0.3) is 0 Å². The van der Waals surface area contributed by atoms with Crippen LogP contribution in [0.2, 0.25) is 0 Å². The molecule has 8 nitrogen and oxygen atoms in total. The van der Waals surface area contributed by atoms with Gasteiger partial charge in [0.25, 0.3) is 5.91 Å². The molecule has 1 aromatic carbocycles. The number of hydrogen-bond acceptors (Lipinski definition) is 6. The number of rotatable bonds is 5. The summed E-state index contributed by atoms with van der Waals surface area (Å²) in [6.45, 7) is 0. The number of ether oxygens (including phenoxy) is 1. The van der Waals surface area contributed by atoms with Crippen LogP contribution in [-0.4, -0.2) is 33.3 Å². The van der Waals surface area contributed by atoms with Crippen LogP contribution in [0.3, 0.4) is 0 Å². The maximum atomic E-state index is 12.3. The molecule has 0 bridgehead atoms. The number of carbonyl (C=O) groups excluding carboxylic acids is 1. The number of nitrogens with one attached hydrogen (secondary N) is 1. The van der Waals surface area contributed by atoms with Crippen molar-refractivity contribution in [2.24, 2.45) is 11.7 Å². The molecule has 1 aliphatic rings. The van der Waals surface area contributed by atoms with E-state index in [2.05, 4.69) is 21.2 Å². The summed E-state index contributed by atoms with van der Waals surface area (Å²) >= 11 is 0. The summed E-state index contributed by atoms with van der Waals surface area (Å²) in [5.74, 6) is -1.50. The van der Waals surface area contributed by atoms with Crippen molar-refractivity contribution in [3.63, 3.8) is 0 Å². The highest BCUT2D eigenvalue weighted by Gasteiger charge is 2.33. The van der Waals surface area contributed by atoms with E-state index in [9.17, 15) is 28.3 Å². The second kappa shape index (κ2) is 8.00. The number of aliphatic hydroxyl groups excluding tert-OH is 1. The topological polar surface area (TPSA) is 126 Å². The molecule has 4 N–H and O–H groups in total. The molecule has 0 aliphatic heterocycles. The van der Waals surface area contributed by atoms with Gasteiger partial charge in [-0.3, -0.25) is 9.48 Å². The lowest BCUT2D eigenvalue weighted by molar-refractivity contribution is -0.274. The first-order valence-corrected chi connectivity index (χ1v) is 8.75. The Morgan fingerprint density at radius 2 is 2.03 bits per heavy atom. The van der Waals surface area contributed by atoms with E-state index >= 15 is 0 Å². The highest BCUT2D eigenvalue weighted by molar-refractivity contribution is 5.98. The number of halogens is 3. The zero-order valence-corrected chi connectivity index (χ0v) is 15.1. The van der Waals surface area contributed by atoms with Gasteiger partial charge < -0.3 is 20.9 Å². The maximum absolute atomic E-state index is 12.3. The molecular formula is C18H18F3N5O3. The van der Waals surface area contributed by atoms with Gasteiger partial charge in [0.1, 0.15) is 11.3 Å². The Morgan fingerprint density at radius 1 is 1.34 bits per heavy atom. The molecule has 3 rings (SSSR count). The summed E-state index contributed by atoms with van der Waals surface area (Å²) in [4.78, 5) is 11.8. The molecule has 1 saturated carbocycles.